The lowest BCUT2D eigenvalue weighted by Crippen LogP contribution is -2.28. The Kier molecular flexibility index (Phi) is 9.22. The average molecular weight is 233 g/mol. The SMILES string of the molecule is C=C(C/C=C\CC)NC(CC)/C(C)=C/C=C\C. The number of nitrogens with one attached hydrogen (secondary N) is 1. The van der Waals surface area contributed by atoms with Crippen molar-refractivity contribution in [2.24, 2.45) is 0 Å². The van der Waals surface area contributed by atoms with Gasteiger partial charge in [0.2, 0.25) is 0 Å². The molecule has 1 heteroatoms. The van der Waals surface area contributed by atoms with Crippen LogP contribution in [-0.2, 0) is 0 Å². The highest BCUT2D eigenvalue weighted by Gasteiger charge is 2.07. The van der Waals surface area contributed by atoms with Crippen LogP contribution in [0.2, 0.25) is 0 Å². The van der Waals surface area contributed by atoms with Gasteiger partial charge in [-0.05, 0) is 26.7 Å². The normalized spacial score (nSPS) is 14.5. The van der Waals surface area contributed by atoms with Crippen LogP contribution in [0.25, 0.3) is 0 Å². The van der Waals surface area contributed by atoms with Crippen LogP contribution >= 0.6 is 0 Å². The van der Waals surface area contributed by atoms with E-state index in [0.717, 1.165) is 25.0 Å². The van der Waals surface area contributed by atoms with E-state index in [1.54, 1.807) is 0 Å². The molecule has 0 aromatic rings. The third-order valence-electron chi connectivity index (χ3n) is 2.65. The molecule has 17 heavy (non-hydrogen) atoms. The fourth-order valence-corrected chi connectivity index (χ4v) is 1.60. The number of hydrogen-bond donors (Lipinski definition) is 1. The molecule has 0 fully saturated rings. The van der Waals surface area contributed by atoms with Crippen LogP contribution < -0.4 is 5.32 Å². The molecule has 0 saturated heterocycles. The van der Waals surface area contributed by atoms with E-state index >= 15 is 0 Å². The topological polar surface area (TPSA) is 12.0 Å². The van der Waals surface area contributed by atoms with Gasteiger partial charge in [-0.25, -0.2) is 0 Å². The van der Waals surface area contributed by atoms with E-state index in [0.29, 0.717) is 6.04 Å². The Morgan fingerprint density at radius 3 is 2.53 bits per heavy atom. The van der Waals surface area contributed by atoms with Crippen molar-refractivity contribution < 1.29 is 0 Å². The van der Waals surface area contributed by atoms with Gasteiger partial charge in [0.15, 0.2) is 0 Å². The predicted octanol–water partition coefficient (Wildman–Crippen LogP) is 4.75. The molecule has 1 nitrogen and oxygen atoms in total. The van der Waals surface area contributed by atoms with Gasteiger partial charge < -0.3 is 5.32 Å². The molecule has 0 spiro atoms. The Morgan fingerprint density at radius 1 is 1.29 bits per heavy atom. The molecule has 0 aliphatic heterocycles. The van der Waals surface area contributed by atoms with Crippen LogP contribution in [0.1, 0.15) is 47.0 Å². The summed E-state index contributed by atoms with van der Waals surface area (Å²) in [5.74, 6) is 0. The molecule has 0 heterocycles. The maximum atomic E-state index is 4.07. The van der Waals surface area contributed by atoms with Gasteiger partial charge in [-0.1, -0.05) is 56.4 Å². The summed E-state index contributed by atoms with van der Waals surface area (Å²) in [6.45, 7) is 12.6. The molecule has 0 aliphatic rings. The fourth-order valence-electron chi connectivity index (χ4n) is 1.60. The number of allylic oxidation sites excluding steroid dienone is 5. The monoisotopic (exact) mass is 233 g/mol. The standard InChI is InChI=1S/C16H27N/c1-6-9-11-13-15(5)17-16(8-3)14(4)12-10-7-2/h7,9-12,16-17H,5-6,8,13H2,1-4H3/b10-7-,11-9-,14-12+. The minimum atomic E-state index is 0.397. The van der Waals surface area contributed by atoms with Crippen molar-refractivity contribution in [1.82, 2.24) is 5.32 Å². The fraction of sp³-hybridized carbons (Fsp3) is 0.500. The van der Waals surface area contributed by atoms with E-state index < -0.39 is 0 Å². The van der Waals surface area contributed by atoms with Gasteiger partial charge in [0, 0.05) is 18.2 Å². The molecule has 0 aromatic carbocycles. The minimum Gasteiger partial charge on any atom is -0.382 e. The zero-order chi connectivity index (χ0) is 13.1. The molecular formula is C16H27N. The number of rotatable bonds is 8. The van der Waals surface area contributed by atoms with Crippen LogP contribution in [0.15, 0.2) is 48.2 Å². The summed E-state index contributed by atoms with van der Waals surface area (Å²) in [5, 5.41) is 3.49. The molecule has 0 amide bonds. The molecular weight excluding hydrogens is 206 g/mol. The van der Waals surface area contributed by atoms with Gasteiger partial charge in [-0.3, -0.25) is 0 Å². The second-order valence-corrected chi connectivity index (χ2v) is 4.23. The first kappa shape index (κ1) is 15.8. The second-order valence-electron chi connectivity index (χ2n) is 4.23. The van der Waals surface area contributed by atoms with E-state index in [2.05, 4.69) is 63.0 Å². The quantitative estimate of drug-likeness (QED) is 0.471. The maximum absolute atomic E-state index is 4.07. The number of hydrogen-bond acceptors (Lipinski definition) is 1. The average Bonchev–Trinajstić information content (AvgIpc) is 2.33. The van der Waals surface area contributed by atoms with Gasteiger partial charge in [-0.2, -0.15) is 0 Å². The van der Waals surface area contributed by atoms with Crippen molar-refractivity contribution in [1.29, 1.82) is 0 Å². The summed E-state index contributed by atoms with van der Waals surface area (Å²) in [6.07, 6.45) is 13.7. The first-order valence-electron chi connectivity index (χ1n) is 6.54. The van der Waals surface area contributed by atoms with Gasteiger partial charge in [0.25, 0.3) is 0 Å². The largest absolute Gasteiger partial charge is 0.382 e. The van der Waals surface area contributed by atoms with E-state index in [-0.39, 0.29) is 0 Å². The summed E-state index contributed by atoms with van der Waals surface area (Å²) in [7, 11) is 0. The molecule has 0 aromatic heterocycles. The second kappa shape index (κ2) is 9.95. The highest BCUT2D eigenvalue weighted by atomic mass is 14.9. The first-order valence-corrected chi connectivity index (χ1v) is 6.54. The van der Waals surface area contributed by atoms with Crippen molar-refractivity contribution in [3.05, 3.63) is 48.2 Å². The molecule has 0 aliphatic carbocycles. The Bertz CT molecular complexity index is 295. The summed E-state index contributed by atoms with van der Waals surface area (Å²) < 4.78 is 0. The molecule has 0 radical (unpaired) electrons. The van der Waals surface area contributed by atoms with Gasteiger partial charge in [0.1, 0.15) is 0 Å². The van der Waals surface area contributed by atoms with Crippen molar-refractivity contribution in [2.75, 3.05) is 0 Å². The van der Waals surface area contributed by atoms with Gasteiger partial charge in [0.05, 0.1) is 0 Å². The minimum absolute atomic E-state index is 0.397. The zero-order valence-electron chi connectivity index (χ0n) is 11.8. The predicted molar refractivity (Wildman–Crippen MR) is 79.0 cm³/mol. The van der Waals surface area contributed by atoms with Crippen LogP contribution in [0, 0.1) is 0 Å². The Labute approximate surface area is 107 Å². The Morgan fingerprint density at radius 2 is 2.00 bits per heavy atom. The molecule has 96 valence electrons. The van der Waals surface area contributed by atoms with E-state index in [1.807, 2.05) is 6.92 Å². The van der Waals surface area contributed by atoms with E-state index in [4.69, 9.17) is 0 Å². The lowest BCUT2D eigenvalue weighted by atomic mass is 10.1. The van der Waals surface area contributed by atoms with Gasteiger partial charge in [-0.15, -0.1) is 0 Å². The summed E-state index contributed by atoms with van der Waals surface area (Å²) >= 11 is 0. The van der Waals surface area contributed by atoms with Crippen molar-refractivity contribution >= 4 is 0 Å². The van der Waals surface area contributed by atoms with Crippen molar-refractivity contribution in [3.8, 4) is 0 Å². The maximum Gasteiger partial charge on any atom is 0.0468 e. The third kappa shape index (κ3) is 7.62. The molecule has 0 saturated carbocycles. The zero-order valence-corrected chi connectivity index (χ0v) is 11.8. The highest BCUT2D eigenvalue weighted by Crippen LogP contribution is 2.09. The summed E-state index contributed by atoms with van der Waals surface area (Å²) in [5.41, 5.74) is 2.45. The smallest absolute Gasteiger partial charge is 0.0468 e. The summed E-state index contributed by atoms with van der Waals surface area (Å²) in [4.78, 5) is 0. The molecule has 0 bridgehead atoms. The molecule has 1 N–H and O–H groups in total. The third-order valence-corrected chi connectivity index (χ3v) is 2.65. The van der Waals surface area contributed by atoms with E-state index in [9.17, 15) is 0 Å². The van der Waals surface area contributed by atoms with Crippen molar-refractivity contribution in [2.45, 2.75) is 53.0 Å². The van der Waals surface area contributed by atoms with Crippen molar-refractivity contribution in [3.63, 3.8) is 0 Å². The lowest BCUT2D eigenvalue weighted by molar-refractivity contribution is 0.612. The van der Waals surface area contributed by atoms with Crippen LogP contribution in [-0.4, -0.2) is 6.04 Å². The summed E-state index contributed by atoms with van der Waals surface area (Å²) in [6, 6.07) is 0.397. The molecule has 1 atom stereocenters. The van der Waals surface area contributed by atoms with Gasteiger partial charge >= 0.3 is 0 Å². The van der Waals surface area contributed by atoms with Crippen LogP contribution in [0.5, 0.6) is 0 Å². The Balaban J connectivity index is 4.30. The van der Waals surface area contributed by atoms with Crippen LogP contribution in [0.4, 0.5) is 0 Å². The van der Waals surface area contributed by atoms with Crippen LogP contribution in [0.3, 0.4) is 0 Å². The Hall–Kier alpha value is -1.24. The molecule has 1 unspecified atom stereocenters. The lowest BCUT2D eigenvalue weighted by Gasteiger charge is -2.20. The molecule has 0 rings (SSSR count). The van der Waals surface area contributed by atoms with E-state index in [1.165, 1.54) is 5.57 Å². The first-order chi connectivity index (χ1) is 8.15. The highest BCUT2D eigenvalue weighted by molar-refractivity contribution is 5.17.